The maximum absolute atomic E-state index is 12.3. The van der Waals surface area contributed by atoms with Gasteiger partial charge in [-0.1, -0.05) is 80.7 Å². The Balaban J connectivity index is 0.000000288. The summed E-state index contributed by atoms with van der Waals surface area (Å²) in [5, 5.41) is 36.7. The number of pyridine rings is 4. The summed E-state index contributed by atoms with van der Waals surface area (Å²) in [5.74, 6) is -2.26. The van der Waals surface area contributed by atoms with E-state index in [4.69, 9.17) is 16.6 Å². The second-order valence-electron chi connectivity index (χ2n) is 17.6. The number of nitrogens with one attached hydrogen (secondary N) is 2. The van der Waals surface area contributed by atoms with E-state index >= 15 is 0 Å². The predicted octanol–water partition coefficient (Wildman–Crippen LogP) is 15.8. The molecule has 0 radical (unpaired) electrons. The first-order valence-corrected chi connectivity index (χ1v) is 24.4. The Morgan fingerprint density at radius 1 is 0.688 bits per heavy atom. The Hall–Kier alpha value is -8.66. The van der Waals surface area contributed by atoms with Crippen LogP contribution in [0.2, 0.25) is 0 Å². The van der Waals surface area contributed by atoms with E-state index in [1.807, 2.05) is 42.6 Å². The molecule has 5 aromatic heterocycles. The van der Waals surface area contributed by atoms with Gasteiger partial charge < -0.3 is 26.3 Å². The molecule has 4 aromatic carbocycles. The van der Waals surface area contributed by atoms with Crippen molar-refractivity contribution in [1.82, 2.24) is 19.9 Å². The molecule has 12 nitrogen and oxygen atoms in total. The number of para-hydroxylation sites is 2. The van der Waals surface area contributed by atoms with Crippen molar-refractivity contribution in [1.29, 1.82) is 5.41 Å². The van der Waals surface area contributed by atoms with Crippen LogP contribution in [0.4, 0.5) is 30.2 Å². The molecule has 0 bridgehead atoms. The molecular weight excluding hydrogens is 1110 g/mol. The van der Waals surface area contributed by atoms with E-state index in [1.165, 1.54) is 75.4 Å². The summed E-state index contributed by atoms with van der Waals surface area (Å²) < 4.78 is 36.9. The fourth-order valence-electron chi connectivity index (χ4n) is 8.70. The fourth-order valence-corrected chi connectivity index (χ4v) is 9.63. The molecule has 1 aliphatic carbocycles. The number of benzene rings is 4. The van der Waals surface area contributed by atoms with Crippen molar-refractivity contribution in [3.8, 4) is 55.5 Å². The van der Waals surface area contributed by atoms with Gasteiger partial charge in [0.15, 0.2) is 0 Å². The Labute approximate surface area is 463 Å². The summed E-state index contributed by atoms with van der Waals surface area (Å²) in [5.41, 5.74) is 18.6. The molecule has 9 aromatic rings. The van der Waals surface area contributed by atoms with Crippen LogP contribution in [-0.2, 0) is 24.9 Å². The molecule has 77 heavy (non-hydrogen) atoms. The molecule has 0 fully saturated rings. The Morgan fingerprint density at radius 3 is 1.78 bits per heavy atom. The van der Waals surface area contributed by atoms with Crippen molar-refractivity contribution in [2.24, 2.45) is 0 Å². The number of hydrogen-bond acceptors (Lipinski definition) is 10. The zero-order valence-corrected chi connectivity index (χ0v) is 44.4. The van der Waals surface area contributed by atoms with E-state index in [2.05, 4.69) is 136 Å². The van der Waals surface area contributed by atoms with E-state index in [-0.39, 0.29) is 53.1 Å². The molecular formula is C59H43F3N8O4RuS2. The van der Waals surface area contributed by atoms with Gasteiger partial charge in [-0.15, -0.1) is 17.0 Å². The monoisotopic (exact) mass is 1150 g/mol. The van der Waals surface area contributed by atoms with Crippen molar-refractivity contribution in [3.05, 3.63) is 226 Å². The number of thiophene rings is 1. The van der Waals surface area contributed by atoms with Crippen LogP contribution in [0.1, 0.15) is 56.9 Å². The molecule has 5 heterocycles. The number of anilines is 3. The third kappa shape index (κ3) is 12.6. The van der Waals surface area contributed by atoms with Crippen molar-refractivity contribution in [2.45, 2.75) is 32.4 Å². The van der Waals surface area contributed by atoms with Gasteiger partial charge in [0.25, 0.3) is 0 Å². The van der Waals surface area contributed by atoms with Crippen molar-refractivity contribution >= 4 is 69.1 Å². The topological polar surface area (TPSA) is 199 Å². The van der Waals surface area contributed by atoms with E-state index in [1.54, 1.807) is 18.3 Å². The molecule has 0 saturated carbocycles. The summed E-state index contributed by atoms with van der Waals surface area (Å²) in [6.45, 7) is 6.45. The number of hydrogen-bond donors (Lipinski definition) is 3. The number of carboxylic acid groups (broad SMARTS) is 2. The van der Waals surface area contributed by atoms with Crippen LogP contribution in [0, 0.1) is 12.3 Å². The van der Waals surface area contributed by atoms with Gasteiger partial charge in [0.2, 0.25) is 0 Å². The number of isothiocyanates is 1. The van der Waals surface area contributed by atoms with E-state index in [0.717, 1.165) is 44.2 Å². The number of thiocarbonyl (C=S) groups is 1. The van der Waals surface area contributed by atoms with Crippen LogP contribution in [0.3, 0.4) is 0 Å². The van der Waals surface area contributed by atoms with Crippen LogP contribution >= 0.6 is 23.6 Å². The maximum atomic E-state index is 12.3. The Morgan fingerprint density at radius 2 is 1.21 bits per heavy atom. The number of aromatic carboxylic acids is 2. The molecule has 0 aliphatic heterocycles. The van der Waals surface area contributed by atoms with Gasteiger partial charge in [-0.3, -0.25) is 20.4 Å². The second-order valence-corrected chi connectivity index (χ2v) is 18.7. The number of fused-ring (bicyclic) bond motifs is 3. The molecule has 1 aliphatic rings. The third-order valence-electron chi connectivity index (χ3n) is 12.4. The number of halogens is 3. The van der Waals surface area contributed by atoms with Gasteiger partial charge in [0.05, 0.1) is 33.9 Å². The minimum absolute atomic E-state index is 0. The minimum atomic E-state index is -4.76. The number of alkyl halides is 3. The van der Waals surface area contributed by atoms with Crippen LogP contribution in [0.25, 0.3) is 72.3 Å². The Bertz CT molecular complexity index is 3700. The van der Waals surface area contributed by atoms with Crippen LogP contribution < -0.4 is 4.90 Å². The zero-order chi connectivity index (χ0) is 54.3. The third-order valence-corrected chi connectivity index (χ3v) is 13.5. The quantitative estimate of drug-likeness (QED) is 0.0636. The fraction of sp³-hybridized carbons (Fsp3) is 0.0847. The summed E-state index contributed by atoms with van der Waals surface area (Å²) in [4.78, 5) is 44.4. The first-order chi connectivity index (χ1) is 36.4. The average Bonchev–Trinajstić information content (AvgIpc) is 4.02. The zero-order valence-electron chi connectivity index (χ0n) is 41.0. The standard InChI is InChI=1S/C44H32N4O4.C14H11F3N3S.CNS.Ru/c1-44(2)36-21-27(13-15-34(36)35-16-14-33(26-37(35)44)48(31-9-5-3-6-10-31)32-11-7-4-8-12-32)28-17-19-45-38(22-28)40-24-30(43(51)52)25-41(47-40)39-23-29(42(49)50)18-20-46-39;1-8-3-5-21-13(8)9-2-4-20-11(6-9)10(18)7-12(19)14(15,16)17;2-1-3;/h3-26H,1-2H3,(H,49,50)(H,51,52);2-7,18-19H,1H3;;/q;2*-1;+2/b;10-7-,19-12?;;. The van der Waals surface area contributed by atoms with E-state index < -0.39 is 29.5 Å². The van der Waals surface area contributed by atoms with Gasteiger partial charge in [0, 0.05) is 51.6 Å². The molecule has 0 atom stereocenters. The summed E-state index contributed by atoms with van der Waals surface area (Å²) in [6, 6.07) is 48.6. The van der Waals surface area contributed by atoms with E-state index in [9.17, 15) is 33.0 Å². The normalized spacial score (nSPS) is 11.9. The first kappa shape index (κ1) is 56.1. The van der Waals surface area contributed by atoms with Gasteiger partial charge in [-0.2, -0.15) is 18.3 Å². The molecule has 0 amide bonds. The number of aryl methyl sites for hydroxylation is 1. The summed E-state index contributed by atoms with van der Waals surface area (Å²) in [7, 11) is 0. The predicted molar refractivity (Wildman–Crippen MR) is 297 cm³/mol. The number of nitrogens with zero attached hydrogens (tertiary/aromatic N) is 6. The smallest absolute Gasteiger partial charge is 0.753 e. The SMILES string of the molecule is CC1(C)c2cc(-c3ccnc(-c4cc(C(=O)O)cc(-c5cc(C(=O)O)ccn5)n4)c3)ccc2-c2ccc(N(c3ccccc3)c3ccccc3)cc21.Cc1ccsc1-c1ccnc(/C([NH-])=C/C(=N)C(F)(F)F)c1.[N-]=C=S.[Ru+2]. The van der Waals surface area contributed by atoms with Gasteiger partial charge >= 0.3 is 37.6 Å². The van der Waals surface area contributed by atoms with Crippen LogP contribution in [-0.4, -0.2) is 59.1 Å². The maximum Gasteiger partial charge on any atom is 2.00 e. The number of carboxylic acids is 2. The summed E-state index contributed by atoms with van der Waals surface area (Å²) in [6.07, 6.45) is 0.207. The molecule has 4 N–H and O–H groups in total. The minimum Gasteiger partial charge on any atom is -0.753 e. The van der Waals surface area contributed by atoms with Crippen molar-refractivity contribution in [2.75, 3.05) is 4.90 Å². The van der Waals surface area contributed by atoms with Crippen molar-refractivity contribution < 1.29 is 52.5 Å². The Kier molecular flexibility index (Phi) is 17.4. The first-order valence-electron chi connectivity index (χ1n) is 23.1. The second kappa shape index (κ2) is 23.9. The van der Waals surface area contributed by atoms with Gasteiger partial charge in [-0.05, 0) is 160 Å². The average molecular weight is 1150 g/mol. The summed E-state index contributed by atoms with van der Waals surface area (Å²) >= 11 is 5.21. The number of aromatic nitrogens is 4. The van der Waals surface area contributed by atoms with Gasteiger partial charge in [0.1, 0.15) is 5.71 Å². The molecule has 10 rings (SSSR count). The molecule has 18 heteroatoms. The molecule has 0 saturated heterocycles. The largest absolute Gasteiger partial charge is 2.00 e. The number of rotatable bonds is 11. The van der Waals surface area contributed by atoms with E-state index in [0.29, 0.717) is 17.5 Å². The van der Waals surface area contributed by atoms with Crippen molar-refractivity contribution in [3.63, 3.8) is 0 Å². The van der Waals surface area contributed by atoms with Gasteiger partial charge in [-0.25, -0.2) is 14.6 Å². The number of carbonyl (C=O) groups is 2. The number of allylic oxidation sites excluding steroid dienone is 1. The molecule has 0 unspecified atom stereocenters. The molecule has 0 spiro atoms. The molecule has 384 valence electrons. The van der Waals surface area contributed by atoms with Crippen LogP contribution in [0.5, 0.6) is 0 Å². The van der Waals surface area contributed by atoms with Crippen LogP contribution in [0.15, 0.2) is 182 Å².